The molecular weight excluding hydrogens is 230 g/mol. The highest BCUT2D eigenvalue weighted by Crippen LogP contribution is 2.27. The van der Waals surface area contributed by atoms with Crippen molar-refractivity contribution in [3.05, 3.63) is 16.5 Å². The van der Waals surface area contributed by atoms with Crippen LogP contribution in [-0.4, -0.2) is 30.2 Å². The highest BCUT2D eigenvalue weighted by molar-refractivity contribution is 7.16. The van der Waals surface area contributed by atoms with E-state index in [9.17, 15) is 9.59 Å². The number of carboxylic acids is 1. The van der Waals surface area contributed by atoms with Crippen molar-refractivity contribution in [2.45, 2.75) is 20.0 Å². The van der Waals surface area contributed by atoms with E-state index in [0.29, 0.717) is 5.00 Å². The zero-order chi connectivity index (χ0) is 12.3. The van der Waals surface area contributed by atoms with Gasteiger partial charge in [-0.1, -0.05) is 0 Å². The maximum absolute atomic E-state index is 11.5. The number of amides is 1. The molecule has 2 N–H and O–H groups in total. The van der Waals surface area contributed by atoms with Crippen LogP contribution < -0.4 is 5.32 Å². The van der Waals surface area contributed by atoms with Gasteiger partial charge in [-0.05, 0) is 19.9 Å². The van der Waals surface area contributed by atoms with Crippen LogP contribution in [0.25, 0.3) is 0 Å². The predicted octanol–water partition coefficient (Wildman–Crippen LogP) is 1.73. The van der Waals surface area contributed by atoms with Crippen LogP contribution in [0.3, 0.4) is 0 Å². The number of aryl methyl sites for hydroxylation is 1. The van der Waals surface area contributed by atoms with Crippen LogP contribution in [0.5, 0.6) is 0 Å². The van der Waals surface area contributed by atoms with Crippen LogP contribution >= 0.6 is 11.3 Å². The van der Waals surface area contributed by atoms with Gasteiger partial charge in [0.1, 0.15) is 11.1 Å². The molecule has 1 aromatic heterocycles. The fraction of sp³-hybridized carbons (Fsp3) is 0.400. The minimum atomic E-state index is -1.05. The van der Waals surface area contributed by atoms with Gasteiger partial charge in [0.05, 0.1) is 5.56 Å². The number of hydrogen-bond acceptors (Lipinski definition) is 4. The average molecular weight is 243 g/mol. The maximum Gasteiger partial charge on any atom is 0.338 e. The zero-order valence-electron chi connectivity index (χ0n) is 9.23. The highest BCUT2D eigenvalue weighted by Gasteiger charge is 2.18. The van der Waals surface area contributed by atoms with Crippen LogP contribution in [0.4, 0.5) is 5.00 Å². The van der Waals surface area contributed by atoms with Gasteiger partial charge in [-0.25, -0.2) is 4.79 Å². The Morgan fingerprint density at radius 3 is 2.69 bits per heavy atom. The second-order valence-corrected chi connectivity index (χ2v) is 4.53. The summed E-state index contributed by atoms with van der Waals surface area (Å²) in [4.78, 5) is 23.2. The lowest BCUT2D eigenvalue weighted by Gasteiger charge is -2.09. The van der Waals surface area contributed by atoms with Gasteiger partial charge in [0.2, 0.25) is 0 Å². The molecule has 0 aromatic carbocycles. The van der Waals surface area contributed by atoms with Crippen molar-refractivity contribution in [2.75, 3.05) is 12.4 Å². The third kappa shape index (κ3) is 2.80. The third-order valence-corrected chi connectivity index (χ3v) is 3.01. The number of thiophene rings is 1. The van der Waals surface area contributed by atoms with Crippen LogP contribution in [0.1, 0.15) is 22.2 Å². The molecule has 1 unspecified atom stereocenters. The van der Waals surface area contributed by atoms with E-state index in [1.807, 2.05) is 0 Å². The lowest BCUT2D eigenvalue weighted by molar-refractivity contribution is -0.124. The molecule has 1 aromatic rings. The Hall–Kier alpha value is -1.40. The Morgan fingerprint density at radius 2 is 2.19 bits per heavy atom. The van der Waals surface area contributed by atoms with Crippen molar-refractivity contribution in [2.24, 2.45) is 0 Å². The molecule has 6 heteroatoms. The lowest BCUT2D eigenvalue weighted by atomic mass is 10.3. The van der Waals surface area contributed by atoms with E-state index >= 15 is 0 Å². The molecule has 0 saturated heterocycles. The number of anilines is 1. The zero-order valence-corrected chi connectivity index (χ0v) is 10.1. The number of hydrogen-bond donors (Lipinski definition) is 2. The van der Waals surface area contributed by atoms with E-state index in [-0.39, 0.29) is 11.5 Å². The summed E-state index contributed by atoms with van der Waals surface area (Å²) < 4.78 is 4.84. The topological polar surface area (TPSA) is 75.6 Å². The summed E-state index contributed by atoms with van der Waals surface area (Å²) >= 11 is 1.23. The molecule has 0 spiro atoms. The molecule has 16 heavy (non-hydrogen) atoms. The number of ether oxygens (including phenoxy) is 1. The van der Waals surface area contributed by atoms with Crippen LogP contribution in [-0.2, 0) is 9.53 Å². The quantitative estimate of drug-likeness (QED) is 0.844. The predicted molar refractivity (Wildman–Crippen MR) is 61.1 cm³/mol. The number of methoxy groups -OCH3 is 1. The van der Waals surface area contributed by atoms with Gasteiger partial charge in [-0.2, -0.15) is 0 Å². The third-order valence-electron chi connectivity index (χ3n) is 2.05. The molecular formula is C10H13NO4S. The summed E-state index contributed by atoms with van der Waals surface area (Å²) in [5.74, 6) is -1.41. The minimum Gasteiger partial charge on any atom is -0.478 e. The van der Waals surface area contributed by atoms with E-state index in [2.05, 4.69) is 5.32 Å². The van der Waals surface area contributed by atoms with Crippen molar-refractivity contribution in [3.63, 3.8) is 0 Å². The molecule has 0 bridgehead atoms. The standard InChI is InChI=1S/C10H13NO4S/c1-5-4-7(10(13)14)9(16-5)11-8(12)6(2)15-3/h4,6H,1-3H3,(H,11,12)(H,13,14). The number of carboxylic acid groups (broad SMARTS) is 1. The van der Waals surface area contributed by atoms with E-state index in [1.54, 1.807) is 13.8 Å². The number of nitrogens with one attached hydrogen (secondary N) is 1. The molecule has 0 aliphatic carbocycles. The normalized spacial score (nSPS) is 12.2. The van der Waals surface area contributed by atoms with Gasteiger partial charge < -0.3 is 15.2 Å². The van der Waals surface area contributed by atoms with Crippen LogP contribution in [0.15, 0.2) is 6.07 Å². The van der Waals surface area contributed by atoms with Crippen molar-refractivity contribution >= 4 is 28.2 Å². The molecule has 0 fully saturated rings. The fourth-order valence-corrected chi connectivity index (χ4v) is 1.99. The SMILES string of the molecule is COC(C)C(=O)Nc1sc(C)cc1C(=O)O. The Morgan fingerprint density at radius 1 is 1.56 bits per heavy atom. The molecule has 0 radical (unpaired) electrons. The molecule has 5 nitrogen and oxygen atoms in total. The van der Waals surface area contributed by atoms with Crippen LogP contribution in [0.2, 0.25) is 0 Å². The molecule has 1 heterocycles. The van der Waals surface area contributed by atoms with E-state index in [0.717, 1.165) is 4.88 Å². The Bertz CT molecular complexity index is 413. The van der Waals surface area contributed by atoms with Crippen molar-refractivity contribution in [1.29, 1.82) is 0 Å². The Labute approximate surface area is 97.0 Å². The van der Waals surface area contributed by atoms with Crippen molar-refractivity contribution in [3.8, 4) is 0 Å². The summed E-state index contributed by atoms with van der Waals surface area (Å²) in [6, 6.07) is 1.53. The number of carbonyl (C=O) groups excluding carboxylic acids is 1. The number of carbonyl (C=O) groups is 2. The summed E-state index contributed by atoms with van der Waals surface area (Å²) in [5, 5.41) is 11.8. The maximum atomic E-state index is 11.5. The first-order valence-corrected chi connectivity index (χ1v) is 5.44. The van der Waals surface area contributed by atoms with Gasteiger partial charge >= 0.3 is 5.97 Å². The summed E-state index contributed by atoms with van der Waals surface area (Å²) in [7, 11) is 1.42. The Balaban J connectivity index is 2.88. The molecule has 0 saturated carbocycles. The Kier molecular flexibility index (Phi) is 4.03. The fourth-order valence-electron chi connectivity index (χ4n) is 1.09. The monoisotopic (exact) mass is 243 g/mol. The molecule has 1 atom stereocenters. The van der Waals surface area contributed by atoms with Gasteiger partial charge in [0, 0.05) is 12.0 Å². The second kappa shape index (κ2) is 5.09. The molecule has 1 amide bonds. The minimum absolute atomic E-state index is 0.110. The first kappa shape index (κ1) is 12.7. The first-order valence-electron chi connectivity index (χ1n) is 4.63. The molecule has 0 aliphatic heterocycles. The van der Waals surface area contributed by atoms with Gasteiger partial charge in [-0.3, -0.25) is 4.79 Å². The average Bonchev–Trinajstić information content (AvgIpc) is 2.58. The van der Waals surface area contributed by atoms with Crippen molar-refractivity contribution in [1.82, 2.24) is 0 Å². The highest BCUT2D eigenvalue weighted by atomic mass is 32.1. The summed E-state index contributed by atoms with van der Waals surface area (Å²) in [6.45, 7) is 3.38. The van der Waals surface area contributed by atoms with E-state index in [4.69, 9.17) is 9.84 Å². The lowest BCUT2D eigenvalue weighted by Crippen LogP contribution is -2.26. The summed E-state index contributed by atoms with van der Waals surface area (Å²) in [6.07, 6.45) is -0.607. The van der Waals surface area contributed by atoms with Crippen molar-refractivity contribution < 1.29 is 19.4 Å². The van der Waals surface area contributed by atoms with Gasteiger partial charge in [0.15, 0.2) is 0 Å². The molecule has 88 valence electrons. The molecule has 1 rings (SSSR count). The molecule has 0 aliphatic rings. The smallest absolute Gasteiger partial charge is 0.338 e. The largest absolute Gasteiger partial charge is 0.478 e. The van der Waals surface area contributed by atoms with Gasteiger partial charge in [0.25, 0.3) is 5.91 Å². The second-order valence-electron chi connectivity index (χ2n) is 3.27. The van der Waals surface area contributed by atoms with E-state index in [1.165, 1.54) is 24.5 Å². The van der Waals surface area contributed by atoms with Crippen LogP contribution in [0, 0.1) is 6.92 Å². The number of aromatic carboxylic acids is 1. The number of rotatable bonds is 4. The first-order chi connectivity index (χ1) is 7.45. The van der Waals surface area contributed by atoms with E-state index < -0.39 is 12.1 Å². The summed E-state index contributed by atoms with van der Waals surface area (Å²) in [5.41, 5.74) is 0.110. The van der Waals surface area contributed by atoms with Gasteiger partial charge in [-0.15, -0.1) is 11.3 Å².